The van der Waals surface area contributed by atoms with Crippen molar-refractivity contribution in [3.63, 3.8) is 0 Å². The Balaban J connectivity index is 1.31. The SMILES string of the molecule is CCCCC1=N[C@@]2(CCCN(C(=O)C3(F)CC3)C2)C(=O)N1Cc1ccc(-c2ccccc2S(=O)(=O)Nc2noc(C)c2C)c(COCC)c1. The van der Waals surface area contributed by atoms with E-state index in [2.05, 4.69) is 16.8 Å². The molecule has 0 bridgehead atoms. The maximum Gasteiger partial charge on any atom is 0.263 e. The van der Waals surface area contributed by atoms with Crippen molar-refractivity contribution in [2.45, 2.75) is 102 Å². The molecule has 1 atom stereocenters. The molecule has 1 aliphatic carbocycles. The number of nitrogens with zero attached hydrogens (tertiary/aromatic N) is 4. The maximum atomic E-state index is 14.8. The number of hydrogen-bond acceptors (Lipinski definition) is 8. The van der Waals surface area contributed by atoms with Gasteiger partial charge in [0.1, 0.15) is 11.6 Å². The van der Waals surface area contributed by atoms with E-state index in [4.69, 9.17) is 14.3 Å². The Morgan fingerprint density at radius 2 is 1.88 bits per heavy atom. The van der Waals surface area contributed by atoms with Gasteiger partial charge in [0.05, 0.1) is 24.6 Å². The molecule has 2 amide bonds. The van der Waals surface area contributed by atoms with Gasteiger partial charge in [-0.2, -0.15) is 0 Å². The molecule has 0 unspecified atom stereocenters. The highest BCUT2D eigenvalue weighted by molar-refractivity contribution is 7.92. The Labute approximate surface area is 286 Å². The summed E-state index contributed by atoms with van der Waals surface area (Å²) in [5, 5.41) is 3.87. The number of amidine groups is 1. The first-order chi connectivity index (χ1) is 23.4. The van der Waals surface area contributed by atoms with Crippen LogP contribution in [0.3, 0.4) is 0 Å². The molecule has 3 aromatic rings. The highest BCUT2D eigenvalue weighted by Crippen LogP contribution is 2.43. The fraction of sp³-hybridized carbons (Fsp3) is 0.500. The second-order valence-electron chi connectivity index (χ2n) is 13.3. The summed E-state index contributed by atoms with van der Waals surface area (Å²) in [5.74, 6) is 0.637. The van der Waals surface area contributed by atoms with Crippen LogP contribution in [0.2, 0.25) is 0 Å². The van der Waals surface area contributed by atoms with Crippen LogP contribution >= 0.6 is 0 Å². The quantitative estimate of drug-likeness (QED) is 0.229. The largest absolute Gasteiger partial charge is 0.377 e. The number of amides is 2. The standard InChI is InChI=1S/C36H44FN5O6S/c1-5-7-13-31-38-36(16-10-19-41(23-36)33(43)35(37)17-18-35)34(44)42(31)21-26-14-15-28(27(20-26)22-47-6-2)29-11-8-9-12-30(29)49(45,46)40-32-24(3)25(4)48-39-32/h8-9,11-12,14-15,20H,5-7,10,13,16-19,21-23H2,1-4H3,(H,39,40)/t36-/m1/s1. The Hall–Kier alpha value is -4.10. The molecule has 1 spiro atoms. The number of rotatable bonds is 13. The van der Waals surface area contributed by atoms with Crippen molar-refractivity contribution in [3.8, 4) is 11.1 Å². The molecule has 262 valence electrons. The van der Waals surface area contributed by atoms with Crippen LogP contribution in [-0.2, 0) is 37.5 Å². The van der Waals surface area contributed by atoms with Gasteiger partial charge in [-0.1, -0.05) is 54.9 Å². The van der Waals surface area contributed by atoms with Crippen molar-refractivity contribution in [1.29, 1.82) is 0 Å². The van der Waals surface area contributed by atoms with Gasteiger partial charge < -0.3 is 14.2 Å². The highest BCUT2D eigenvalue weighted by atomic mass is 32.2. The second-order valence-corrected chi connectivity index (χ2v) is 14.9. The van der Waals surface area contributed by atoms with Gasteiger partial charge in [-0.15, -0.1) is 0 Å². The van der Waals surface area contributed by atoms with Crippen molar-refractivity contribution >= 4 is 33.5 Å². The average Bonchev–Trinajstić information content (AvgIpc) is 3.72. The van der Waals surface area contributed by atoms with Crippen molar-refractivity contribution in [1.82, 2.24) is 15.0 Å². The van der Waals surface area contributed by atoms with Crippen molar-refractivity contribution in [3.05, 3.63) is 64.9 Å². The molecule has 6 rings (SSSR count). The number of halogens is 1. The number of hydrogen-bond donors (Lipinski definition) is 1. The lowest BCUT2D eigenvalue weighted by Crippen LogP contribution is -2.56. The van der Waals surface area contributed by atoms with Crippen LogP contribution in [0.25, 0.3) is 11.1 Å². The van der Waals surface area contributed by atoms with Crippen LogP contribution in [0.1, 0.15) is 81.2 Å². The summed E-state index contributed by atoms with van der Waals surface area (Å²) < 4.78 is 55.7. The van der Waals surface area contributed by atoms with E-state index >= 15 is 0 Å². The number of sulfonamides is 1. The predicted molar refractivity (Wildman–Crippen MR) is 183 cm³/mol. The van der Waals surface area contributed by atoms with Gasteiger partial charge >= 0.3 is 0 Å². The zero-order chi connectivity index (χ0) is 35.0. The normalized spacial score (nSPS) is 20.2. The van der Waals surface area contributed by atoms with Gasteiger partial charge in [-0.05, 0) is 75.6 Å². The number of alkyl halides is 1. The lowest BCUT2D eigenvalue weighted by molar-refractivity contribution is -0.143. The molecular formula is C36H44FN5O6S. The molecule has 3 heterocycles. The molecule has 11 nitrogen and oxygen atoms in total. The van der Waals surface area contributed by atoms with Crippen LogP contribution in [0, 0.1) is 13.8 Å². The minimum Gasteiger partial charge on any atom is -0.377 e. The molecule has 1 saturated carbocycles. The monoisotopic (exact) mass is 693 g/mol. The topological polar surface area (TPSA) is 134 Å². The van der Waals surface area contributed by atoms with E-state index in [-0.39, 0.29) is 49.2 Å². The number of aromatic nitrogens is 1. The number of piperidine rings is 1. The average molecular weight is 694 g/mol. The molecule has 1 saturated heterocycles. The second kappa shape index (κ2) is 13.7. The summed E-state index contributed by atoms with van der Waals surface area (Å²) in [5.41, 5.74) is 0.443. The Bertz CT molecular complexity index is 1890. The fourth-order valence-corrected chi connectivity index (χ4v) is 7.92. The molecule has 49 heavy (non-hydrogen) atoms. The molecule has 0 radical (unpaired) electrons. The van der Waals surface area contributed by atoms with Gasteiger partial charge in [-0.3, -0.25) is 24.2 Å². The van der Waals surface area contributed by atoms with E-state index in [1.54, 1.807) is 43.0 Å². The number of aliphatic imine (C=N–C) groups is 1. The van der Waals surface area contributed by atoms with Crippen molar-refractivity contribution < 1.29 is 31.7 Å². The van der Waals surface area contributed by atoms with Gasteiger partial charge in [0.15, 0.2) is 17.0 Å². The molecule has 13 heteroatoms. The smallest absolute Gasteiger partial charge is 0.263 e. The summed E-state index contributed by atoms with van der Waals surface area (Å²) in [6.07, 6.45) is 3.91. The van der Waals surface area contributed by atoms with Crippen LogP contribution in [-0.4, -0.2) is 71.9 Å². The summed E-state index contributed by atoms with van der Waals surface area (Å²) >= 11 is 0. The first kappa shape index (κ1) is 34.8. The zero-order valence-electron chi connectivity index (χ0n) is 28.6. The lowest BCUT2D eigenvalue weighted by atomic mass is 9.88. The fourth-order valence-electron chi connectivity index (χ4n) is 6.64. The number of aryl methyl sites for hydroxylation is 1. The summed E-state index contributed by atoms with van der Waals surface area (Å²) in [6.45, 7) is 8.84. The van der Waals surface area contributed by atoms with Crippen LogP contribution in [0.5, 0.6) is 0 Å². The van der Waals surface area contributed by atoms with Crippen LogP contribution in [0.15, 0.2) is 56.9 Å². The van der Waals surface area contributed by atoms with Gasteiger partial charge in [-0.25, -0.2) is 12.8 Å². The van der Waals surface area contributed by atoms with E-state index in [0.717, 1.165) is 24.0 Å². The first-order valence-electron chi connectivity index (χ1n) is 17.0. The minimum atomic E-state index is -4.06. The Morgan fingerprint density at radius 1 is 1.10 bits per heavy atom. The Morgan fingerprint density at radius 3 is 2.57 bits per heavy atom. The molecule has 3 aliphatic rings. The highest BCUT2D eigenvalue weighted by Gasteiger charge is 2.57. The number of carbonyl (C=O) groups excluding carboxylic acids is 2. The number of likely N-dealkylation sites (tertiary alicyclic amines) is 1. The summed E-state index contributed by atoms with van der Waals surface area (Å²) in [4.78, 5) is 35.5. The minimum absolute atomic E-state index is 0.0730. The van der Waals surface area contributed by atoms with E-state index in [1.807, 2.05) is 25.1 Å². The molecule has 2 fully saturated rings. The third kappa shape index (κ3) is 6.87. The number of ether oxygens (including phenoxy) is 1. The van der Waals surface area contributed by atoms with E-state index in [1.165, 1.54) is 4.90 Å². The zero-order valence-corrected chi connectivity index (χ0v) is 29.4. The molecule has 2 aromatic carbocycles. The number of carbonyl (C=O) groups is 2. The van der Waals surface area contributed by atoms with Gasteiger partial charge in [0.25, 0.3) is 21.8 Å². The summed E-state index contributed by atoms with van der Waals surface area (Å²) in [7, 11) is -4.06. The van der Waals surface area contributed by atoms with Crippen LogP contribution < -0.4 is 4.72 Å². The maximum absolute atomic E-state index is 14.8. The Kier molecular flexibility index (Phi) is 9.69. The molecule has 1 aromatic heterocycles. The van der Waals surface area contributed by atoms with Crippen molar-refractivity contribution in [2.24, 2.45) is 4.99 Å². The van der Waals surface area contributed by atoms with E-state index in [9.17, 15) is 22.4 Å². The van der Waals surface area contributed by atoms with Crippen LogP contribution in [0.4, 0.5) is 10.2 Å². The first-order valence-corrected chi connectivity index (χ1v) is 18.5. The van der Waals surface area contributed by atoms with Crippen molar-refractivity contribution in [2.75, 3.05) is 24.4 Å². The third-order valence-corrected chi connectivity index (χ3v) is 11.1. The third-order valence-electron chi connectivity index (χ3n) is 9.71. The number of unbranched alkanes of at least 4 members (excludes halogenated alkanes) is 1. The number of anilines is 1. The number of benzene rings is 2. The van der Waals surface area contributed by atoms with E-state index < -0.39 is 27.1 Å². The molecule has 1 N–H and O–H groups in total. The van der Waals surface area contributed by atoms with Gasteiger partial charge in [0.2, 0.25) is 0 Å². The van der Waals surface area contributed by atoms with Gasteiger partial charge in [0, 0.05) is 30.7 Å². The lowest BCUT2D eigenvalue weighted by Gasteiger charge is -2.38. The number of nitrogens with one attached hydrogen (secondary N) is 1. The van der Waals surface area contributed by atoms with E-state index in [0.29, 0.717) is 60.7 Å². The molecule has 2 aliphatic heterocycles. The molecular weight excluding hydrogens is 649 g/mol. The predicted octanol–water partition coefficient (Wildman–Crippen LogP) is 6.09. The summed E-state index contributed by atoms with van der Waals surface area (Å²) in [6, 6.07) is 12.4.